The van der Waals surface area contributed by atoms with Gasteiger partial charge in [-0.3, -0.25) is 4.79 Å². The normalized spacial score (nSPS) is 12.6. The van der Waals surface area contributed by atoms with Crippen LogP contribution in [-0.2, 0) is 23.5 Å². The standard InChI is InChI=1S/C34H33F2N6O3S.2ClH/c1-21-11-25(12-22(2)32(21)45-31(43)15-38-4)16-41-19-39-42(20-41)18-34(44,28-13-27(35)9-10-29(28)36)23(3)33-40-30(17-46-33)26-7-5-24(14-37)6-8-26;;/h5-13,17,19-20,23,38,44H,15-16,18H2,1-4H3;2*1H/q+1;;/p-1/t23-,34+;;/m0../s1. The number of carbonyl (C=O) groups is 1. The van der Waals surface area contributed by atoms with Gasteiger partial charge in [-0.1, -0.05) is 19.1 Å². The summed E-state index contributed by atoms with van der Waals surface area (Å²) in [5, 5.41) is 30.9. The number of thiazole rings is 1. The fraction of sp³-hybridized carbons (Fsp3) is 0.265. The molecule has 5 aromatic rings. The second-order valence-corrected chi connectivity index (χ2v) is 12.1. The number of benzene rings is 3. The third-order valence-corrected chi connectivity index (χ3v) is 8.80. The quantitative estimate of drug-likeness (QED) is 0.123. The van der Waals surface area contributed by atoms with Crippen LogP contribution in [0.1, 0.15) is 45.7 Å². The molecule has 0 aliphatic heterocycles. The van der Waals surface area contributed by atoms with Crippen molar-refractivity contribution in [1.29, 1.82) is 5.26 Å². The summed E-state index contributed by atoms with van der Waals surface area (Å²) in [4.78, 5) is 16.7. The number of carbonyl (C=O) groups excluding carboxylic acids is 1. The first-order valence-corrected chi connectivity index (χ1v) is 15.4. The van der Waals surface area contributed by atoms with Gasteiger partial charge >= 0.3 is 5.97 Å². The van der Waals surface area contributed by atoms with Crippen molar-refractivity contribution in [1.82, 2.24) is 20.1 Å². The average Bonchev–Trinajstić information content (AvgIpc) is 3.70. The number of ether oxygens (including phenoxy) is 1. The highest BCUT2D eigenvalue weighted by Crippen LogP contribution is 2.41. The van der Waals surface area contributed by atoms with Gasteiger partial charge in [0.15, 0.2) is 0 Å². The highest BCUT2D eigenvalue weighted by Gasteiger charge is 2.43. The lowest BCUT2D eigenvalue weighted by molar-refractivity contribution is -0.689. The van der Waals surface area contributed by atoms with Gasteiger partial charge in [0.1, 0.15) is 29.5 Å². The molecule has 9 nitrogen and oxygen atoms in total. The maximum absolute atomic E-state index is 15.3. The van der Waals surface area contributed by atoms with Crippen molar-refractivity contribution in [3.8, 4) is 23.1 Å². The molecule has 2 atom stereocenters. The van der Waals surface area contributed by atoms with Crippen molar-refractivity contribution < 1.29 is 40.4 Å². The third-order valence-electron chi connectivity index (χ3n) is 7.77. The van der Waals surface area contributed by atoms with E-state index >= 15 is 4.39 Å². The summed E-state index contributed by atoms with van der Waals surface area (Å²) < 4.78 is 38.5. The summed E-state index contributed by atoms with van der Waals surface area (Å²) >= 11 is 1.30. The fourth-order valence-electron chi connectivity index (χ4n) is 5.39. The van der Waals surface area contributed by atoms with E-state index in [1.165, 1.54) is 16.0 Å². The highest BCUT2D eigenvalue weighted by molar-refractivity contribution is 7.10. The molecule has 0 amide bonds. The number of likely N-dealkylation sites (N-methyl/N-ethyl adjacent to an activating group) is 1. The average molecular weight is 716 g/mol. The molecule has 0 fully saturated rings. The number of hydrogen-bond acceptors (Lipinski definition) is 8. The van der Waals surface area contributed by atoms with Crippen LogP contribution in [0.3, 0.4) is 0 Å². The largest absolute Gasteiger partial charge is 1.00 e. The van der Waals surface area contributed by atoms with Gasteiger partial charge < -0.3 is 27.6 Å². The lowest BCUT2D eigenvalue weighted by atomic mass is 9.82. The number of aromatic nitrogens is 4. The Morgan fingerprint density at radius 3 is 2.50 bits per heavy atom. The number of nitrogens with zero attached hydrogens (tertiary/aromatic N) is 5. The first-order valence-electron chi connectivity index (χ1n) is 14.5. The van der Waals surface area contributed by atoms with E-state index in [-0.39, 0.29) is 49.4 Å². The van der Waals surface area contributed by atoms with Gasteiger partial charge in [-0.2, -0.15) is 5.26 Å². The molecule has 0 spiro atoms. The van der Waals surface area contributed by atoms with Crippen LogP contribution in [-0.4, -0.2) is 39.4 Å². The Balaban J connectivity index is 0.00000312. The number of aryl methyl sites for hydroxylation is 2. The third kappa shape index (κ3) is 8.42. The molecule has 0 unspecified atom stereocenters. The van der Waals surface area contributed by atoms with E-state index in [0.29, 0.717) is 28.6 Å². The van der Waals surface area contributed by atoms with E-state index < -0.39 is 23.2 Å². The van der Waals surface area contributed by atoms with Crippen molar-refractivity contribution in [2.45, 2.75) is 45.4 Å². The number of esters is 1. The van der Waals surface area contributed by atoms with Gasteiger partial charge in [0.2, 0.25) is 6.33 Å². The molecule has 0 radical (unpaired) electrons. The maximum Gasteiger partial charge on any atom is 0.325 e. The molecule has 0 aliphatic rings. The number of rotatable bonds is 11. The molecule has 2 N–H and O–H groups in total. The lowest BCUT2D eigenvalue weighted by Crippen LogP contribution is -3.00. The lowest BCUT2D eigenvalue weighted by Gasteiger charge is -2.32. The van der Waals surface area contributed by atoms with Crippen LogP contribution in [0.25, 0.3) is 11.3 Å². The Morgan fingerprint density at radius 1 is 1.17 bits per heavy atom. The Kier molecular flexibility index (Phi) is 12.9. The van der Waals surface area contributed by atoms with E-state index in [0.717, 1.165) is 40.5 Å². The second kappa shape index (κ2) is 16.2. The molecule has 252 valence electrons. The SMILES string of the molecule is CNCC(=O)Oc1c(C)cc(C[n+]2cnn(C[C@](O)(c3cc(F)ccc3F)[C@@H](C)c3nc(-c4ccc(C#N)cc4)cs3)c2)cc1C.Cl.[Cl-]. The van der Waals surface area contributed by atoms with E-state index in [9.17, 15) is 14.3 Å². The summed E-state index contributed by atoms with van der Waals surface area (Å²) in [5.74, 6) is -2.05. The number of halogens is 4. The minimum atomic E-state index is -1.93. The van der Waals surface area contributed by atoms with Crippen LogP contribution in [0.5, 0.6) is 5.75 Å². The molecular weight excluding hydrogens is 681 g/mol. The first kappa shape index (κ1) is 38.2. The molecule has 0 saturated heterocycles. The molecule has 2 aromatic heterocycles. The van der Waals surface area contributed by atoms with Gasteiger partial charge in [-0.25, -0.2) is 18.3 Å². The van der Waals surface area contributed by atoms with Crippen LogP contribution < -0.4 is 27.0 Å². The number of aliphatic hydroxyl groups is 1. The molecule has 0 saturated carbocycles. The summed E-state index contributed by atoms with van der Waals surface area (Å²) in [7, 11) is 1.67. The molecule has 14 heteroatoms. The van der Waals surface area contributed by atoms with Crippen LogP contribution in [0.2, 0.25) is 0 Å². The van der Waals surface area contributed by atoms with Gasteiger partial charge in [-0.05, 0) is 80.1 Å². The Hall–Kier alpha value is -4.25. The monoisotopic (exact) mass is 714 g/mol. The zero-order valence-electron chi connectivity index (χ0n) is 26.6. The molecule has 0 aliphatic carbocycles. The summed E-state index contributed by atoms with van der Waals surface area (Å²) in [5.41, 5.74) is 2.37. The molecule has 5 rings (SSSR count). The molecular formula is C34H34Cl2F2N6O3S. The smallest absolute Gasteiger partial charge is 0.325 e. The van der Waals surface area contributed by atoms with Crippen LogP contribution in [0.15, 0.2) is 72.6 Å². The topological polar surface area (TPSA) is 117 Å². The number of nitrogens with one attached hydrogen (secondary N) is 1. The number of nitriles is 1. The van der Waals surface area contributed by atoms with Gasteiger partial charge in [0.25, 0.3) is 6.33 Å². The molecule has 3 aromatic carbocycles. The molecule has 0 bridgehead atoms. The van der Waals surface area contributed by atoms with Gasteiger partial charge in [0.05, 0.1) is 35.4 Å². The van der Waals surface area contributed by atoms with Crippen LogP contribution in [0, 0.1) is 36.8 Å². The Bertz CT molecular complexity index is 1910. The van der Waals surface area contributed by atoms with Crippen molar-refractivity contribution in [2.24, 2.45) is 0 Å². The maximum atomic E-state index is 15.3. The minimum absolute atomic E-state index is 0. The van der Waals surface area contributed by atoms with Crippen molar-refractivity contribution >= 4 is 29.7 Å². The van der Waals surface area contributed by atoms with Crippen LogP contribution >= 0.6 is 23.7 Å². The predicted octanol–water partition coefficient (Wildman–Crippen LogP) is 2.35. The Labute approximate surface area is 293 Å². The fourth-order valence-corrected chi connectivity index (χ4v) is 6.37. The minimum Gasteiger partial charge on any atom is -1.00 e. The van der Waals surface area contributed by atoms with Crippen LogP contribution in [0.4, 0.5) is 8.78 Å². The van der Waals surface area contributed by atoms with Gasteiger partial charge in [-0.15, -0.1) is 28.4 Å². The summed E-state index contributed by atoms with van der Waals surface area (Å²) in [6, 6.07) is 15.9. The van der Waals surface area contributed by atoms with Crippen molar-refractivity contribution in [2.75, 3.05) is 13.6 Å². The molecule has 48 heavy (non-hydrogen) atoms. The van der Waals surface area contributed by atoms with Crippen molar-refractivity contribution in [3.63, 3.8) is 0 Å². The molecule has 2 heterocycles. The summed E-state index contributed by atoms with van der Waals surface area (Å²) in [6.45, 7) is 5.79. The zero-order valence-corrected chi connectivity index (χ0v) is 29.0. The van der Waals surface area contributed by atoms with E-state index in [1.54, 1.807) is 55.5 Å². The zero-order chi connectivity index (χ0) is 33.0. The van der Waals surface area contributed by atoms with E-state index in [1.807, 2.05) is 31.4 Å². The van der Waals surface area contributed by atoms with E-state index in [2.05, 4.69) is 16.5 Å². The predicted molar refractivity (Wildman–Crippen MR) is 175 cm³/mol. The van der Waals surface area contributed by atoms with Gasteiger partial charge in [0, 0.05) is 27.5 Å². The Morgan fingerprint density at radius 2 is 1.85 bits per heavy atom. The van der Waals surface area contributed by atoms with Crippen molar-refractivity contribution in [3.05, 3.63) is 117 Å². The first-order chi connectivity index (χ1) is 22.0. The summed E-state index contributed by atoms with van der Waals surface area (Å²) in [6.07, 6.45) is 3.27. The second-order valence-electron chi connectivity index (χ2n) is 11.2. The number of hydrogen-bond donors (Lipinski definition) is 2. The highest BCUT2D eigenvalue weighted by atomic mass is 35.5. The van der Waals surface area contributed by atoms with E-state index in [4.69, 9.17) is 15.0 Å².